The second kappa shape index (κ2) is 7.14. The van der Waals surface area contributed by atoms with Gasteiger partial charge in [0.15, 0.2) is 0 Å². The third kappa shape index (κ3) is 4.56. The Labute approximate surface area is 115 Å². The Bertz CT molecular complexity index is 420. The molecule has 0 aromatic heterocycles. The van der Waals surface area contributed by atoms with E-state index in [1.165, 1.54) is 12.7 Å². The molecule has 1 aromatic carbocycles. The van der Waals surface area contributed by atoms with Crippen LogP contribution in [0.4, 0.5) is 0 Å². The van der Waals surface area contributed by atoms with Crippen molar-refractivity contribution in [2.24, 2.45) is 0 Å². The zero-order valence-electron chi connectivity index (χ0n) is 12.4. The van der Waals surface area contributed by atoms with Crippen LogP contribution in [0.15, 0.2) is 12.1 Å². The molecule has 0 saturated heterocycles. The van der Waals surface area contributed by atoms with Gasteiger partial charge in [-0.2, -0.15) is 0 Å². The summed E-state index contributed by atoms with van der Waals surface area (Å²) < 4.78 is 10.00. The van der Waals surface area contributed by atoms with Crippen LogP contribution in [0, 0.1) is 13.8 Å². The van der Waals surface area contributed by atoms with E-state index in [4.69, 9.17) is 4.74 Å². The molecule has 1 aromatic rings. The van der Waals surface area contributed by atoms with Gasteiger partial charge >= 0.3 is 5.97 Å². The molecule has 0 radical (unpaired) electrons. The van der Waals surface area contributed by atoms with Crippen LogP contribution in [0.25, 0.3) is 0 Å². The molecule has 19 heavy (non-hydrogen) atoms. The fourth-order valence-corrected chi connectivity index (χ4v) is 2.19. The van der Waals surface area contributed by atoms with Gasteiger partial charge < -0.3 is 9.47 Å². The van der Waals surface area contributed by atoms with Crippen molar-refractivity contribution in [2.75, 3.05) is 34.4 Å². The predicted molar refractivity (Wildman–Crippen MR) is 75.7 cm³/mol. The first kappa shape index (κ1) is 15.5. The molecule has 0 saturated carbocycles. The summed E-state index contributed by atoms with van der Waals surface area (Å²) in [6, 6.07) is 4.27. The predicted octanol–water partition coefficient (Wildman–Crippen LogP) is 1.96. The highest BCUT2D eigenvalue weighted by Crippen LogP contribution is 2.24. The van der Waals surface area contributed by atoms with Crippen molar-refractivity contribution in [3.05, 3.63) is 28.8 Å². The molecule has 0 atom stereocenters. The zero-order valence-corrected chi connectivity index (χ0v) is 12.4. The molecule has 4 heteroatoms. The Morgan fingerprint density at radius 1 is 1.21 bits per heavy atom. The normalized spacial score (nSPS) is 10.6. The number of ether oxygens (including phenoxy) is 2. The molecule has 0 heterocycles. The Kier molecular flexibility index (Phi) is 5.83. The lowest BCUT2D eigenvalue weighted by Crippen LogP contribution is -2.28. The maximum absolute atomic E-state index is 11.1. The average molecular weight is 265 g/mol. The molecular formula is C15H23NO3. The van der Waals surface area contributed by atoms with Crippen molar-refractivity contribution in [2.45, 2.75) is 20.3 Å². The molecule has 0 amide bonds. The van der Waals surface area contributed by atoms with Crippen LogP contribution in [-0.4, -0.2) is 45.2 Å². The monoisotopic (exact) mass is 265 g/mol. The van der Waals surface area contributed by atoms with Crippen LogP contribution in [0.2, 0.25) is 0 Å². The zero-order chi connectivity index (χ0) is 14.4. The first-order chi connectivity index (χ1) is 8.97. The number of carbonyl (C=O) groups is 1. The number of benzene rings is 1. The van der Waals surface area contributed by atoms with Crippen LogP contribution < -0.4 is 4.74 Å². The minimum Gasteiger partial charge on any atom is -0.496 e. The minimum absolute atomic E-state index is 0.204. The van der Waals surface area contributed by atoms with Gasteiger partial charge in [-0.05, 0) is 44.0 Å². The number of hydrogen-bond acceptors (Lipinski definition) is 4. The summed E-state index contributed by atoms with van der Waals surface area (Å²) in [4.78, 5) is 13.1. The summed E-state index contributed by atoms with van der Waals surface area (Å²) in [7, 11) is 5.02. The summed E-state index contributed by atoms with van der Waals surface area (Å²) in [6.07, 6.45) is 0.902. The van der Waals surface area contributed by atoms with Gasteiger partial charge in [-0.1, -0.05) is 12.1 Å². The lowest BCUT2D eigenvalue weighted by Gasteiger charge is -2.16. The third-order valence-electron chi connectivity index (χ3n) is 3.13. The van der Waals surface area contributed by atoms with Gasteiger partial charge in [-0.25, -0.2) is 0 Å². The van der Waals surface area contributed by atoms with Crippen molar-refractivity contribution in [3.63, 3.8) is 0 Å². The second-order valence-corrected chi connectivity index (χ2v) is 4.83. The van der Waals surface area contributed by atoms with E-state index >= 15 is 0 Å². The van der Waals surface area contributed by atoms with Gasteiger partial charge in [-0.15, -0.1) is 0 Å². The smallest absolute Gasteiger partial charge is 0.319 e. The van der Waals surface area contributed by atoms with Crippen molar-refractivity contribution in [1.29, 1.82) is 0 Å². The number of methoxy groups -OCH3 is 2. The van der Waals surface area contributed by atoms with E-state index in [0.29, 0.717) is 6.54 Å². The average Bonchev–Trinajstić information content (AvgIpc) is 2.36. The Morgan fingerprint density at radius 2 is 1.79 bits per heavy atom. The molecule has 0 unspecified atom stereocenters. The maximum atomic E-state index is 11.1. The number of esters is 1. The molecule has 0 aliphatic rings. The van der Waals surface area contributed by atoms with E-state index in [0.717, 1.165) is 29.8 Å². The number of rotatable bonds is 6. The lowest BCUT2D eigenvalue weighted by atomic mass is 10.0. The Balaban J connectivity index is 2.61. The molecule has 1 rings (SSSR count). The highest BCUT2D eigenvalue weighted by atomic mass is 16.5. The van der Waals surface area contributed by atoms with Crippen LogP contribution in [0.3, 0.4) is 0 Å². The number of hydrogen-bond donors (Lipinski definition) is 0. The van der Waals surface area contributed by atoms with E-state index in [1.807, 2.05) is 25.8 Å². The van der Waals surface area contributed by atoms with Gasteiger partial charge in [0.05, 0.1) is 20.8 Å². The molecule has 0 aliphatic carbocycles. The Morgan fingerprint density at radius 3 is 2.26 bits per heavy atom. The Hall–Kier alpha value is -1.55. The largest absolute Gasteiger partial charge is 0.496 e. The molecule has 0 bridgehead atoms. The van der Waals surface area contributed by atoms with Gasteiger partial charge in [0, 0.05) is 6.54 Å². The molecule has 0 spiro atoms. The lowest BCUT2D eigenvalue weighted by molar-refractivity contribution is -0.141. The first-order valence-corrected chi connectivity index (χ1v) is 6.37. The van der Waals surface area contributed by atoms with E-state index in [1.54, 1.807) is 7.11 Å². The van der Waals surface area contributed by atoms with Gasteiger partial charge in [-0.3, -0.25) is 9.69 Å². The maximum Gasteiger partial charge on any atom is 0.319 e. The van der Waals surface area contributed by atoms with E-state index < -0.39 is 0 Å². The van der Waals surface area contributed by atoms with Crippen LogP contribution in [0.5, 0.6) is 5.75 Å². The third-order valence-corrected chi connectivity index (χ3v) is 3.13. The molecule has 106 valence electrons. The second-order valence-electron chi connectivity index (χ2n) is 4.83. The van der Waals surface area contributed by atoms with Crippen molar-refractivity contribution >= 4 is 5.97 Å². The summed E-state index contributed by atoms with van der Waals surface area (Å²) in [5, 5.41) is 0. The fourth-order valence-electron chi connectivity index (χ4n) is 2.19. The molecule has 0 fully saturated rings. The molecule has 0 N–H and O–H groups in total. The summed E-state index contributed by atoms with van der Waals surface area (Å²) in [5.41, 5.74) is 3.55. The topological polar surface area (TPSA) is 38.8 Å². The van der Waals surface area contributed by atoms with E-state index in [2.05, 4.69) is 16.9 Å². The fraction of sp³-hybridized carbons (Fsp3) is 0.533. The minimum atomic E-state index is -0.204. The molecule has 4 nitrogen and oxygen atoms in total. The number of carbonyl (C=O) groups excluding carboxylic acids is 1. The van der Waals surface area contributed by atoms with Crippen LogP contribution in [0.1, 0.15) is 16.7 Å². The molecule has 0 aliphatic heterocycles. The highest BCUT2D eigenvalue weighted by Gasteiger charge is 2.08. The number of nitrogens with zero attached hydrogens (tertiary/aromatic N) is 1. The number of aryl methyl sites for hydroxylation is 2. The van der Waals surface area contributed by atoms with E-state index in [-0.39, 0.29) is 5.97 Å². The van der Waals surface area contributed by atoms with Crippen LogP contribution in [-0.2, 0) is 16.0 Å². The first-order valence-electron chi connectivity index (χ1n) is 6.37. The van der Waals surface area contributed by atoms with Crippen molar-refractivity contribution < 1.29 is 14.3 Å². The number of likely N-dealkylation sites (N-methyl/N-ethyl adjacent to an activating group) is 1. The summed E-state index contributed by atoms with van der Waals surface area (Å²) in [6.45, 7) is 5.24. The van der Waals surface area contributed by atoms with Gasteiger partial charge in [0.1, 0.15) is 5.75 Å². The highest BCUT2D eigenvalue weighted by molar-refractivity contribution is 5.71. The summed E-state index contributed by atoms with van der Waals surface area (Å²) in [5.74, 6) is 0.747. The van der Waals surface area contributed by atoms with E-state index in [9.17, 15) is 4.79 Å². The van der Waals surface area contributed by atoms with Crippen molar-refractivity contribution in [3.8, 4) is 5.75 Å². The van der Waals surface area contributed by atoms with Gasteiger partial charge in [0.2, 0.25) is 0 Å². The van der Waals surface area contributed by atoms with Crippen LogP contribution >= 0.6 is 0 Å². The van der Waals surface area contributed by atoms with Gasteiger partial charge in [0.25, 0.3) is 0 Å². The SMILES string of the molecule is COC(=O)CN(C)CCc1cc(C)c(OC)c(C)c1. The summed E-state index contributed by atoms with van der Waals surface area (Å²) >= 11 is 0. The van der Waals surface area contributed by atoms with Crippen molar-refractivity contribution in [1.82, 2.24) is 4.90 Å². The standard InChI is InChI=1S/C15H23NO3/c1-11-8-13(9-12(2)15(11)19-5)6-7-16(3)10-14(17)18-4/h8-9H,6-7,10H2,1-5H3. The quantitative estimate of drug-likeness (QED) is 0.737. The molecular weight excluding hydrogens is 242 g/mol.